The number of benzene rings is 1. The highest BCUT2D eigenvalue weighted by molar-refractivity contribution is 6.04. The number of amides is 2. The lowest BCUT2D eigenvalue weighted by Crippen LogP contribution is -2.60. The maximum Gasteiger partial charge on any atom is 0.243 e. The van der Waals surface area contributed by atoms with Gasteiger partial charge in [0.05, 0.1) is 18.6 Å². The van der Waals surface area contributed by atoms with Crippen LogP contribution in [0.4, 0.5) is 8.78 Å². The molecular weight excluding hydrogens is 282 g/mol. The number of ketones is 1. The van der Waals surface area contributed by atoms with Gasteiger partial charge < -0.3 is 0 Å². The van der Waals surface area contributed by atoms with Gasteiger partial charge in [0.25, 0.3) is 0 Å². The molecule has 1 aliphatic rings. The van der Waals surface area contributed by atoms with Crippen LogP contribution in [0.25, 0.3) is 0 Å². The van der Waals surface area contributed by atoms with E-state index in [4.69, 9.17) is 0 Å². The van der Waals surface area contributed by atoms with E-state index in [-0.39, 0.29) is 12.1 Å². The van der Waals surface area contributed by atoms with Gasteiger partial charge in [-0.05, 0) is 32.0 Å². The Morgan fingerprint density at radius 2 is 2.00 bits per heavy atom. The average molecular weight is 296 g/mol. The number of carbonyl (C=O) groups excluding carboxylic acids is 3. The number of hydrogen-bond acceptors (Lipinski definition) is 4. The molecule has 1 saturated heterocycles. The minimum absolute atomic E-state index is 0.00738. The second kappa shape index (κ2) is 5.69. The lowest BCUT2D eigenvalue weighted by Gasteiger charge is -2.35. The summed E-state index contributed by atoms with van der Waals surface area (Å²) in [6.45, 7) is 2.98. The third-order valence-electron chi connectivity index (χ3n) is 3.55. The standard InChI is InChI=1S/C14H14F2N2O3/c1-7(18-6-12(19)17-14(21)8(18)2)13(20)9-3-4-10(15)11(16)5-9/h3-5,7-8H,6H2,1-2H3,(H,17,19,21). The van der Waals surface area contributed by atoms with E-state index >= 15 is 0 Å². The molecule has 0 bridgehead atoms. The predicted molar refractivity (Wildman–Crippen MR) is 69.5 cm³/mol. The van der Waals surface area contributed by atoms with E-state index in [0.29, 0.717) is 0 Å². The average Bonchev–Trinajstić information content (AvgIpc) is 2.44. The van der Waals surface area contributed by atoms with Gasteiger partial charge in [0, 0.05) is 5.56 Å². The van der Waals surface area contributed by atoms with Crippen LogP contribution in [0.2, 0.25) is 0 Å². The molecule has 2 rings (SSSR count). The van der Waals surface area contributed by atoms with E-state index in [1.165, 1.54) is 17.9 Å². The molecule has 0 aromatic heterocycles. The van der Waals surface area contributed by atoms with Gasteiger partial charge in [-0.25, -0.2) is 8.78 Å². The van der Waals surface area contributed by atoms with Crippen LogP contribution in [-0.4, -0.2) is 41.1 Å². The first-order valence-corrected chi connectivity index (χ1v) is 6.40. The van der Waals surface area contributed by atoms with Crippen LogP contribution in [0.5, 0.6) is 0 Å². The van der Waals surface area contributed by atoms with Crippen molar-refractivity contribution >= 4 is 17.6 Å². The van der Waals surface area contributed by atoms with Crippen molar-refractivity contribution in [3.05, 3.63) is 35.4 Å². The van der Waals surface area contributed by atoms with Crippen LogP contribution >= 0.6 is 0 Å². The summed E-state index contributed by atoms with van der Waals surface area (Å²) in [4.78, 5) is 36.7. The molecule has 2 unspecified atom stereocenters. The van der Waals surface area contributed by atoms with E-state index in [2.05, 4.69) is 5.32 Å². The molecule has 1 N–H and O–H groups in total. The van der Waals surface area contributed by atoms with Crippen molar-refractivity contribution in [3.63, 3.8) is 0 Å². The number of carbonyl (C=O) groups is 3. The van der Waals surface area contributed by atoms with Crippen molar-refractivity contribution in [1.29, 1.82) is 0 Å². The summed E-state index contributed by atoms with van der Waals surface area (Å²) >= 11 is 0. The van der Waals surface area contributed by atoms with Crippen LogP contribution in [0.1, 0.15) is 24.2 Å². The summed E-state index contributed by atoms with van der Waals surface area (Å²) in [5.74, 6) is -3.63. The number of Topliss-reactive ketones (excluding diaryl/α,β-unsaturated/α-hetero) is 1. The lowest BCUT2D eigenvalue weighted by atomic mass is 10.0. The zero-order valence-corrected chi connectivity index (χ0v) is 11.5. The van der Waals surface area contributed by atoms with Gasteiger partial charge in [-0.2, -0.15) is 0 Å². The number of halogens is 2. The largest absolute Gasteiger partial charge is 0.294 e. The monoisotopic (exact) mass is 296 g/mol. The molecule has 1 heterocycles. The summed E-state index contributed by atoms with van der Waals surface area (Å²) < 4.78 is 26.1. The molecule has 0 aliphatic carbocycles. The molecule has 1 aromatic carbocycles. The van der Waals surface area contributed by atoms with Gasteiger partial charge in [0.1, 0.15) is 0 Å². The minimum Gasteiger partial charge on any atom is -0.294 e. The summed E-state index contributed by atoms with van der Waals surface area (Å²) in [7, 11) is 0. The Labute approximate surface area is 119 Å². The Morgan fingerprint density at radius 1 is 1.33 bits per heavy atom. The van der Waals surface area contributed by atoms with E-state index in [0.717, 1.165) is 12.1 Å². The number of rotatable bonds is 3. The first-order valence-electron chi connectivity index (χ1n) is 6.40. The number of nitrogens with one attached hydrogen (secondary N) is 1. The summed E-state index contributed by atoms with van der Waals surface area (Å²) in [5.41, 5.74) is -0.00738. The van der Waals surface area contributed by atoms with Crippen molar-refractivity contribution in [3.8, 4) is 0 Å². The fraction of sp³-hybridized carbons (Fsp3) is 0.357. The Balaban J connectivity index is 2.23. The van der Waals surface area contributed by atoms with Gasteiger partial charge in [0.15, 0.2) is 17.4 Å². The molecule has 0 saturated carbocycles. The molecule has 21 heavy (non-hydrogen) atoms. The molecule has 0 spiro atoms. The minimum atomic E-state index is -1.12. The lowest BCUT2D eigenvalue weighted by molar-refractivity contribution is -0.140. The summed E-state index contributed by atoms with van der Waals surface area (Å²) in [6.07, 6.45) is 0. The van der Waals surface area contributed by atoms with Crippen molar-refractivity contribution in [1.82, 2.24) is 10.2 Å². The first-order chi connectivity index (χ1) is 9.81. The van der Waals surface area contributed by atoms with Gasteiger partial charge in [-0.1, -0.05) is 0 Å². The first kappa shape index (κ1) is 15.2. The third kappa shape index (κ3) is 2.97. The molecule has 1 aliphatic heterocycles. The van der Waals surface area contributed by atoms with Gasteiger partial charge >= 0.3 is 0 Å². The highest BCUT2D eigenvalue weighted by Gasteiger charge is 2.36. The fourth-order valence-corrected chi connectivity index (χ4v) is 2.25. The molecule has 112 valence electrons. The highest BCUT2D eigenvalue weighted by atomic mass is 19.2. The Bertz CT molecular complexity index is 618. The number of piperazine rings is 1. The van der Waals surface area contributed by atoms with Crippen LogP contribution in [-0.2, 0) is 9.59 Å². The van der Waals surface area contributed by atoms with E-state index in [1.807, 2.05) is 0 Å². The van der Waals surface area contributed by atoms with Gasteiger partial charge in [-0.15, -0.1) is 0 Å². The molecule has 2 amide bonds. The van der Waals surface area contributed by atoms with Crippen molar-refractivity contribution in [2.45, 2.75) is 25.9 Å². The van der Waals surface area contributed by atoms with Crippen molar-refractivity contribution in [2.24, 2.45) is 0 Å². The van der Waals surface area contributed by atoms with Crippen molar-refractivity contribution < 1.29 is 23.2 Å². The van der Waals surface area contributed by atoms with E-state index in [1.54, 1.807) is 6.92 Å². The van der Waals surface area contributed by atoms with Crippen LogP contribution < -0.4 is 5.32 Å². The molecule has 7 heteroatoms. The van der Waals surface area contributed by atoms with Crippen LogP contribution in [0, 0.1) is 11.6 Å². The maximum absolute atomic E-state index is 13.2. The topological polar surface area (TPSA) is 66.5 Å². The predicted octanol–water partition coefficient (Wildman–Crippen LogP) is 0.883. The number of nitrogens with zero attached hydrogens (tertiary/aromatic N) is 1. The fourth-order valence-electron chi connectivity index (χ4n) is 2.25. The summed E-state index contributed by atoms with van der Waals surface area (Å²) in [6, 6.07) is 1.39. The Hall–Kier alpha value is -2.15. The Morgan fingerprint density at radius 3 is 2.62 bits per heavy atom. The van der Waals surface area contributed by atoms with Gasteiger partial charge in [-0.3, -0.25) is 24.6 Å². The molecule has 1 fully saturated rings. The number of hydrogen-bond donors (Lipinski definition) is 1. The summed E-state index contributed by atoms with van der Waals surface area (Å²) in [5, 5.41) is 2.17. The normalized spacial score (nSPS) is 21.0. The molecule has 1 aromatic rings. The third-order valence-corrected chi connectivity index (χ3v) is 3.55. The number of imide groups is 1. The second-order valence-electron chi connectivity index (χ2n) is 4.93. The zero-order chi connectivity index (χ0) is 15.7. The van der Waals surface area contributed by atoms with Gasteiger partial charge in [0.2, 0.25) is 11.8 Å². The van der Waals surface area contributed by atoms with Crippen molar-refractivity contribution in [2.75, 3.05) is 6.54 Å². The Kier molecular flexibility index (Phi) is 4.13. The quantitative estimate of drug-likeness (QED) is 0.664. The van der Waals surface area contributed by atoms with Crippen LogP contribution in [0.3, 0.4) is 0 Å². The van der Waals surface area contributed by atoms with Crippen LogP contribution in [0.15, 0.2) is 18.2 Å². The molecule has 2 atom stereocenters. The molecule has 5 nitrogen and oxygen atoms in total. The SMILES string of the molecule is CC1C(=O)NC(=O)CN1C(C)C(=O)c1ccc(F)c(F)c1. The molecule has 0 radical (unpaired) electrons. The van der Waals surface area contributed by atoms with E-state index < -0.39 is 41.3 Å². The second-order valence-corrected chi connectivity index (χ2v) is 4.93. The highest BCUT2D eigenvalue weighted by Crippen LogP contribution is 2.16. The van der Waals surface area contributed by atoms with E-state index in [9.17, 15) is 23.2 Å². The zero-order valence-electron chi connectivity index (χ0n) is 11.5. The molecular formula is C14H14F2N2O3. The smallest absolute Gasteiger partial charge is 0.243 e. The maximum atomic E-state index is 13.2.